The minimum atomic E-state index is -3.16. The Morgan fingerprint density at radius 1 is 1.33 bits per heavy atom. The zero-order chi connectivity index (χ0) is 13.6. The molecule has 0 fully saturated rings. The van der Waals surface area contributed by atoms with Crippen molar-refractivity contribution in [2.45, 2.75) is 17.4 Å². The van der Waals surface area contributed by atoms with Gasteiger partial charge in [0, 0.05) is 12.3 Å². The molecule has 2 N–H and O–H groups in total. The molecular formula is C12H19NO4S. The fourth-order valence-corrected chi connectivity index (χ4v) is 2.06. The zero-order valence-corrected chi connectivity index (χ0v) is 11.4. The van der Waals surface area contributed by atoms with Gasteiger partial charge in [-0.15, -0.1) is 0 Å². The Labute approximate surface area is 108 Å². The Bertz CT molecular complexity index is 451. The molecule has 6 heteroatoms. The van der Waals surface area contributed by atoms with Gasteiger partial charge < -0.3 is 15.2 Å². The molecule has 0 saturated carbocycles. The van der Waals surface area contributed by atoms with E-state index in [9.17, 15) is 8.42 Å². The predicted octanol–water partition coefficient (Wildman–Crippen LogP) is 0.439. The second kappa shape index (κ2) is 6.72. The van der Waals surface area contributed by atoms with Gasteiger partial charge in [-0.2, -0.15) is 0 Å². The Kier molecular flexibility index (Phi) is 5.58. The molecule has 0 radical (unpaired) electrons. The number of nitrogens with one attached hydrogen (secondary N) is 1. The lowest BCUT2D eigenvalue weighted by Crippen LogP contribution is -2.30. The quantitative estimate of drug-likeness (QED) is 0.754. The van der Waals surface area contributed by atoms with E-state index in [1.165, 1.54) is 18.4 Å². The molecule has 0 spiro atoms. The van der Waals surface area contributed by atoms with Crippen molar-refractivity contribution in [1.29, 1.82) is 0 Å². The molecule has 0 aliphatic rings. The lowest BCUT2D eigenvalue weighted by molar-refractivity contribution is 0.214. The molecule has 0 bridgehead atoms. The van der Waals surface area contributed by atoms with Crippen LogP contribution in [0.25, 0.3) is 0 Å². The van der Waals surface area contributed by atoms with E-state index in [4.69, 9.17) is 9.84 Å². The smallest absolute Gasteiger partial charge is 0.175 e. The number of ether oxygens (including phenoxy) is 1. The summed E-state index contributed by atoms with van der Waals surface area (Å²) in [5.74, 6) is 0.621. The molecule has 0 aliphatic carbocycles. The summed E-state index contributed by atoms with van der Waals surface area (Å²) in [6, 6.07) is 6.31. The van der Waals surface area contributed by atoms with Gasteiger partial charge in [0.05, 0.1) is 18.1 Å². The van der Waals surface area contributed by atoms with Crippen molar-refractivity contribution >= 4 is 9.84 Å². The Morgan fingerprint density at radius 3 is 2.39 bits per heavy atom. The van der Waals surface area contributed by atoms with Crippen LogP contribution in [0.2, 0.25) is 0 Å². The number of benzene rings is 1. The molecule has 102 valence electrons. The fourth-order valence-electron chi connectivity index (χ4n) is 1.43. The summed E-state index contributed by atoms with van der Waals surface area (Å²) in [7, 11) is -1.38. The molecule has 1 rings (SSSR count). The van der Waals surface area contributed by atoms with E-state index in [0.29, 0.717) is 18.8 Å². The second-order valence-corrected chi connectivity index (χ2v) is 6.06. The first-order valence-electron chi connectivity index (χ1n) is 5.68. The summed E-state index contributed by atoms with van der Waals surface area (Å²) in [6.45, 7) is 0.525. The summed E-state index contributed by atoms with van der Waals surface area (Å²) in [4.78, 5) is 0.276. The number of rotatable bonds is 7. The van der Waals surface area contributed by atoms with Gasteiger partial charge in [0.25, 0.3) is 0 Å². The van der Waals surface area contributed by atoms with Gasteiger partial charge in [-0.1, -0.05) is 0 Å². The number of aliphatic hydroxyl groups excluding tert-OH is 1. The van der Waals surface area contributed by atoms with E-state index >= 15 is 0 Å². The van der Waals surface area contributed by atoms with Gasteiger partial charge in [-0.05, 0) is 37.7 Å². The third-order valence-corrected chi connectivity index (χ3v) is 3.74. The van der Waals surface area contributed by atoms with Gasteiger partial charge in [0.1, 0.15) is 5.75 Å². The highest BCUT2D eigenvalue weighted by atomic mass is 32.2. The number of sulfone groups is 1. The van der Waals surface area contributed by atoms with Crippen molar-refractivity contribution in [2.75, 3.05) is 26.5 Å². The first-order chi connectivity index (χ1) is 8.47. The van der Waals surface area contributed by atoms with Crippen molar-refractivity contribution in [3.05, 3.63) is 24.3 Å². The fraction of sp³-hybridized carbons (Fsp3) is 0.500. The van der Waals surface area contributed by atoms with Crippen LogP contribution in [0.1, 0.15) is 6.42 Å². The van der Waals surface area contributed by atoms with E-state index in [0.717, 1.165) is 0 Å². The van der Waals surface area contributed by atoms with Gasteiger partial charge in [0.15, 0.2) is 9.84 Å². The van der Waals surface area contributed by atoms with Crippen LogP contribution in [0, 0.1) is 0 Å². The van der Waals surface area contributed by atoms with E-state index in [-0.39, 0.29) is 17.5 Å². The van der Waals surface area contributed by atoms with Crippen LogP contribution in [-0.2, 0) is 9.84 Å². The summed E-state index contributed by atoms with van der Waals surface area (Å²) in [6.07, 6.45) is 1.85. The molecule has 0 amide bonds. The van der Waals surface area contributed by atoms with Gasteiger partial charge in [-0.3, -0.25) is 0 Å². The van der Waals surface area contributed by atoms with Crippen LogP contribution >= 0.6 is 0 Å². The average molecular weight is 273 g/mol. The van der Waals surface area contributed by atoms with Crippen molar-refractivity contribution in [2.24, 2.45) is 0 Å². The molecule has 1 unspecified atom stereocenters. The molecule has 18 heavy (non-hydrogen) atoms. The van der Waals surface area contributed by atoms with Crippen LogP contribution in [0.3, 0.4) is 0 Å². The molecule has 1 aromatic rings. The van der Waals surface area contributed by atoms with Crippen molar-refractivity contribution < 1.29 is 18.3 Å². The lowest BCUT2D eigenvalue weighted by Gasteiger charge is -2.13. The second-order valence-electron chi connectivity index (χ2n) is 4.05. The summed E-state index contributed by atoms with van der Waals surface area (Å²) < 4.78 is 28.0. The van der Waals surface area contributed by atoms with E-state index in [2.05, 4.69) is 5.32 Å². The largest absolute Gasteiger partial charge is 0.494 e. The van der Waals surface area contributed by atoms with Crippen LogP contribution in [0.15, 0.2) is 29.2 Å². The van der Waals surface area contributed by atoms with E-state index in [1.807, 2.05) is 0 Å². The van der Waals surface area contributed by atoms with Crippen molar-refractivity contribution in [3.8, 4) is 5.75 Å². The van der Waals surface area contributed by atoms with E-state index in [1.54, 1.807) is 19.2 Å². The molecule has 0 heterocycles. The maximum Gasteiger partial charge on any atom is 0.175 e. The third kappa shape index (κ3) is 4.64. The monoisotopic (exact) mass is 273 g/mol. The van der Waals surface area contributed by atoms with Crippen LogP contribution in [0.5, 0.6) is 5.75 Å². The molecular weight excluding hydrogens is 254 g/mol. The number of hydrogen-bond donors (Lipinski definition) is 2. The van der Waals surface area contributed by atoms with Gasteiger partial charge >= 0.3 is 0 Å². The molecule has 0 aromatic heterocycles. The zero-order valence-electron chi connectivity index (χ0n) is 10.6. The summed E-state index contributed by atoms with van der Waals surface area (Å²) in [5, 5.41) is 11.9. The highest BCUT2D eigenvalue weighted by molar-refractivity contribution is 7.90. The van der Waals surface area contributed by atoms with Crippen LogP contribution < -0.4 is 10.1 Å². The van der Waals surface area contributed by atoms with Gasteiger partial charge in [-0.25, -0.2) is 8.42 Å². The van der Waals surface area contributed by atoms with Crippen LogP contribution in [-0.4, -0.2) is 46.1 Å². The molecule has 1 atom stereocenters. The topological polar surface area (TPSA) is 75.6 Å². The predicted molar refractivity (Wildman–Crippen MR) is 69.6 cm³/mol. The van der Waals surface area contributed by atoms with Crippen molar-refractivity contribution in [1.82, 2.24) is 5.32 Å². The minimum absolute atomic E-state index is 0.0142. The minimum Gasteiger partial charge on any atom is -0.494 e. The standard InChI is InChI=1S/C12H19NO4S/c1-13-10(9-14)7-8-17-11-3-5-12(6-4-11)18(2,15)16/h3-6,10,13-14H,7-9H2,1-2H3. The van der Waals surface area contributed by atoms with E-state index < -0.39 is 9.84 Å². The summed E-state index contributed by atoms with van der Waals surface area (Å²) >= 11 is 0. The Hall–Kier alpha value is -1.11. The highest BCUT2D eigenvalue weighted by Gasteiger charge is 2.07. The number of likely N-dealkylation sites (N-methyl/N-ethyl adjacent to an activating group) is 1. The molecule has 1 aromatic carbocycles. The maximum absolute atomic E-state index is 11.2. The van der Waals surface area contributed by atoms with Gasteiger partial charge in [0.2, 0.25) is 0 Å². The summed E-state index contributed by atoms with van der Waals surface area (Å²) in [5.41, 5.74) is 0. The highest BCUT2D eigenvalue weighted by Crippen LogP contribution is 2.16. The lowest BCUT2D eigenvalue weighted by atomic mass is 10.2. The third-order valence-electron chi connectivity index (χ3n) is 2.62. The Morgan fingerprint density at radius 2 is 1.94 bits per heavy atom. The molecule has 0 saturated heterocycles. The first-order valence-corrected chi connectivity index (χ1v) is 7.57. The number of aliphatic hydroxyl groups is 1. The Balaban J connectivity index is 2.50. The molecule has 5 nitrogen and oxygen atoms in total. The normalized spacial score (nSPS) is 13.3. The average Bonchev–Trinajstić information content (AvgIpc) is 2.34. The van der Waals surface area contributed by atoms with Crippen molar-refractivity contribution in [3.63, 3.8) is 0 Å². The van der Waals surface area contributed by atoms with Crippen LogP contribution in [0.4, 0.5) is 0 Å². The number of hydrogen-bond acceptors (Lipinski definition) is 5. The SMILES string of the molecule is CNC(CO)CCOc1ccc(S(C)(=O)=O)cc1. The maximum atomic E-state index is 11.2. The first kappa shape index (κ1) is 14.9. The molecule has 0 aliphatic heterocycles.